The number of halogens is 1. The minimum atomic E-state index is -0.397. The molecular weight excluding hydrogens is 232 g/mol. The first-order valence-corrected chi connectivity index (χ1v) is 5.89. The zero-order chi connectivity index (χ0) is 12.3. The second kappa shape index (κ2) is 4.86. The number of nitrogens with zero attached hydrogens (tertiary/aromatic N) is 1. The number of hydrogen-bond donors (Lipinski definition) is 1. The Bertz CT molecular complexity index is 477. The van der Waals surface area contributed by atoms with Gasteiger partial charge in [0, 0.05) is 23.0 Å². The molecule has 1 heterocycles. The van der Waals surface area contributed by atoms with Gasteiger partial charge in [-0.15, -0.1) is 0 Å². The largest absolute Gasteiger partial charge is 0.321 e. The van der Waals surface area contributed by atoms with Gasteiger partial charge >= 0.3 is 0 Å². The van der Waals surface area contributed by atoms with Gasteiger partial charge in [0.2, 0.25) is 0 Å². The smallest absolute Gasteiger partial charge is 0.0421 e. The van der Waals surface area contributed by atoms with Crippen LogP contribution in [0.1, 0.15) is 18.1 Å². The van der Waals surface area contributed by atoms with Gasteiger partial charge in [0.1, 0.15) is 0 Å². The average molecular weight is 247 g/mol. The SMILES string of the molecule is CC(N)(Cc1ccncc1)c1ccc(Cl)cc1. The van der Waals surface area contributed by atoms with Gasteiger partial charge in [-0.05, 0) is 48.7 Å². The van der Waals surface area contributed by atoms with Crippen LogP contribution in [0.5, 0.6) is 0 Å². The number of nitrogens with two attached hydrogens (primary N) is 1. The lowest BCUT2D eigenvalue weighted by Crippen LogP contribution is -2.35. The fourth-order valence-corrected chi connectivity index (χ4v) is 1.98. The highest BCUT2D eigenvalue weighted by atomic mass is 35.5. The maximum Gasteiger partial charge on any atom is 0.0421 e. The summed E-state index contributed by atoms with van der Waals surface area (Å²) in [6.45, 7) is 2.02. The van der Waals surface area contributed by atoms with Gasteiger partial charge in [-0.2, -0.15) is 0 Å². The standard InChI is InChI=1S/C14H15ClN2/c1-14(16,10-11-6-8-17-9-7-11)12-2-4-13(15)5-3-12/h2-9H,10,16H2,1H3. The van der Waals surface area contributed by atoms with Crippen LogP contribution < -0.4 is 5.73 Å². The fourth-order valence-electron chi connectivity index (χ4n) is 1.86. The molecule has 0 aliphatic heterocycles. The molecule has 0 saturated heterocycles. The van der Waals surface area contributed by atoms with Gasteiger partial charge in [-0.1, -0.05) is 23.7 Å². The summed E-state index contributed by atoms with van der Waals surface area (Å²) in [4.78, 5) is 4.00. The lowest BCUT2D eigenvalue weighted by Gasteiger charge is -2.25. The van der Waals surface area contributed by atoms with E-state index in [1.54, 1.807) is 12.4 Å². The monoisotopic (exact) mass is 246 g/mol. The summed E-state index contributed by atoms with van der Waals surface area (Å²) >= 11 is 5.87. The van der Waals surface area contributed by atoms with Crippen molar-refractivity contribution in [3.05, 3.63) is 64.9 Å². The van der Waals surface area contributed by atoms with Crippen molar-refractivity contribution in [1.29, 1.82) is 0 Å². The summed E-state index contributed by atoms with van der Waals surface area (Å²) in [5, 5.41) is 0.730. The molecule has 0 aliphatic carbocycles. The van der Waals surface area contributed by atoms with Gasteiger partial charge in [0.15, 0.2) is 0 Å². The molecular formula is C14H15ClN2. The summed E-state index contributed by atoms with van der Waals surface area (Å²) in [5.74, 6) is 0. The molecule has 2 nitrogen and oxygen atoms in total. The molecule has 0 saturated carbocycles. The van der Waals surface area contributed by atoms with Gasteiger partial charge in [0.25, 0.3) is 0 Å². The summed E-state index contributed by atoms with van der Waals surface area (Å²) < 4.78 is 0. The number of hydrogen-bond acceptors (Lipinski definition) is 2. The van der Waals surface area contributed by atoms with Crippen LogP contribution in [-0.4, -0.2) is 4.98 Å². The van der Waals surface area contributed by atoms with Crippen LogP contribution in [-0.2, 0) is 12.0 Å². The first kappa shape index (κ1) is 12.1. The lowest BCUT2D eigenvalue weighted by atomic mass is 9.87. The third-order valence-electron chi connectivity index (χ3n) is 2.82. The van der Waals surface area contributed by atoms with Gasteiger partial charge in [0.05, 0.1) is 0 Å². The van der Waals surface area contributed by atoms with E-state index in [0.29, 0.717) is 0 Å². The molecule has 1 unspecified atom stereocenters. The van der Waals surface area contributed by atoms with Crippen molar-refractivity contribution in [3.63, 3.8) is 0 Å². The Labute approximate surface area is 106 Å². The molecule has 1 atom stereocenters. The predicted octanol–water partition coefficient (Wildman–Crippen LogP) is 3.15. The molecule has 0 aliphatic rings. The Morgan fingerprint density at radius 2 is 1.71 bits per heavy atom. The third-order valence-corrected chi connectivity index (χ3v) is 3.08. The van der Waals surface area contributed by atoms with Crippen LogP contribution in [0.2, 0.25) is 5.02 Å². The van der Waals surface area contributed by atoms with E-state index in [0.717, 1.165) is 17.0 Å². The van der Waals surface area contributed by atoms with Crippen LogP contribution in [0.4, 0.5) is 0 Å². The quantitative estimate of drug-likeness (QED) is 0.904. The molecule has 0 bridgehead atoms. The van der Waals surface area contributed by atoms with E-state index in [1.165, 1.54) is 5.56 Å². The highest BCUT2D eigenvalue weighted by molar-refractivity contribution is 6.30. The van der Waals surface area contributed by atoms with Crippen molar-refractivity contribution in [3.8, 4) is 0 Å². The number of benzene rings is 1. The van der Waals surface area contributed by atoms with E-state index in [9.17, 15) is 0 Å². The molecule has 88 valence electrons. The molecule has 2 rings (SSSR count). The van der Waals surface area contributed by atoms with Crippen molar-refractivity contribution >= 4 is 11.6 Å². The van der Waals surface area contributed by atoms with Crippen molar-refractivity contribution < 1.29 is 0 Å². The highest BCUT2D eigenvalue weighted by Gasteiger charge is 2.21. The second-order valence-electron chi connectivity index (χ2n) is 4.46. The molecule has 1 aromatic heterocycles. The number of rotatable bonds is 3. The Morgan fingerprint density at radius 3 is 2.29 bits per heavy atom. The topological polar surface area (TPSA) is 38.9 Å². The third kappa shape index (κ3) is 3.05. The minimum Gasteiger partial charge on any atom is -0.321 e. The maximum atomic E-state index is 6.36. The fraction of sp³-hybridized carbons (Fsp3) is 0.214. The van der Waals surface area contributed by atoms with Gasteiger partial charge < -0.3 is 5.73 Å². The van der Waals surface area contributed by atoms with Crippen molar-refractivity contribution in [2.45, 2.75) is 18.9 Å². The zero-order valence-corrected chi connectivity index (χ0v) is 10.5. The summed E-state index contributed by atoms with van der Waals surface area (Å²) in [5.41, 5.74) is 8.22. The molecule has 0 fully saturated rings. The summed E-state index contributed by atoms with van der Waals surface area (Å²) in [7, 11) is 0. The van der Waals surface area contributed by atoms with Crippen LogP contribution in [0.15, 0.2) is 48.8 Å². The Kier molecular flexibility index (Phi) is 3.46. The van der Waals surface area contributed by atoms with Crippen LogP contribution in [0.3, 0.4) is 0 Å². The van der Waals surface area contributed by atoms with E-state index >= 15 is 0 Å². The zero-order valence-electron chi connectivity index (χ0n) is 9.73. The summed E-state index contributed by atoms with van der Waals surface area (Å²) in [6, 6.07) is 11.7. The molecule has 2 N–H and O–H groups in total. The average Bonchev–Trinajstić information content (AvgIpc) is 2.30. The number of aromatic nitrogens is 1. The molecule has 1 aromatic carbocycles. The summed E-state index contributed by atoms with van der Waals surface area (Å²) in [6.07, 6.45) is 4.34. The Hall–Kier alpha value is -1.38. The first-order chi connectivity index (χ1) is 8.08. The molecule has 0 spiro atoms. The van der Waals surface area contributed by atoms with Crippen LogP contribution in [0, 0.1) is 0 Å². The van der Waals surface area contributed by atoms with E-state index in [2.05, 4.69) is 4.98 Å². The Balaban J connectivity index is 2.21. The van der Waals surface area contributed by atoms with Crippen molar-refractivity contribution in [2.75, 3.05) is 0 Å². The predicted molar refractivity (Wildman–Crippen MR) is 70.9 cm³/mol. The maximum absolute atomic E-state index is 6.36. The van der Waals surface area contributed by atoms with E-state index in [-0.39, 0.29) is 0 Å². The Morgan fingerprint density at radius 1 is 1.12 bits per heavy atom. The highest BCUT2D eigenvalue weighted by Crippen LogP contribution is 2.23. The molecule has 2 aromatic rings. The molecule has 17 heavy (non-hydrogen) atoms. The van der Waals surface area contributed by atoms with Gasteiger partial charge in [-0.3, -0.25) is 4.98 Å². The molecule has 0 amide bonds. The van der Waals surface area contributed by atoms with E-state index in [4.69, 9.17) is 17.3 Å². The number of pyridine rings is 1. The normalized spacial score (nSPS) is 14.3. The first-order valence-electron chi connectivity index (χ1n) is 5.52. The van der Waals surface area contributed by atoms with Crippen LogP contribution in [0.25, 0.3) is 0 Å². The van der Waals surface area contributed by atoms with Crippen molar-refractivity contribution in [1.82, 2.24) is 4.98 Å². The van der Waals surface area contributed by atoms with Crippen molar-refractivity contribution in [2.24, 2.45) is 5.73 Å². The minimum absolute atomic E-state index is 0.397. The van der Waals surface area contributed by atoms with Crippen LogP contribution >= 0.6 is 11.6 Å². The lowest BCUT2D eigenvalue weighted by molar-refractivity contribution is 0.491. The molecule has 3 heteroatoms. The molecule has 0 radical (unpaired) electrons. The van der Waals surface area contributed by atoms with E-state index < -0.39 is 5.54 Å². The second-order valence-corrected chi connectivity index (χ2v) is 4.89. The van der Waals surface area contributed by atoms with E-state index in [1.807, 2.05) is 43.3 Å². The van der Waals surface area contributed by atoms with Gasteiger partial charge in [-0.25, -0.2) is 0 Å².